The molecule has 1 aromatic rings. The van der Waals surface area contributed by atoms with Gasteiger partial charge in [-0.1, -0.05) is 26.0 Å². The number of allylic oxidation sites excluding steroid dienone is 1. The molecule has 1 saturated heterocycles. The Kier molecular flexibility index (Phi) is 21.8. The number of nitrogens with zero attached hydrogens (tertiary/aromatic N) is 1. The Morgan fingerprint density at radius 2 is 1.35 bits per heavy atom. The lowest BCUT2D eigenvalue weighted by atomic mass is 9.89. The fraction of sp³-hybridized carbons (Fsp3) is 0.677. The lowest BCUT2D eigenvalue weighted by Crippen LogP contribution is -2.31. The van der Waals surface area contributed by atoms with E-state index < -0.39 is 20.9 Å². The van der Waals surface area contributed by atoms with Crippen molar-refractivity contribution in [1.82, 2.24) is 4.90 Å². The van der Waals surface area contributed by atoms with E-state index in [1.165, 1.54) is 6.42 Å². The highest BCUT2D eigenvalue weighted by molar-refractivity contribution is 7.41. The smallest absolute Gasteiger partial charge is 0.493 e. The first-order valence-corrected chi connectivity index (χ1v) is 16.3. The molecule has 2 aliphatic rings. The Hall–Kier alpha value is -2.87. The number of likely N-dealkylation sites (tertiary alicyclic amines) is 1. The van der Waals surface area contributed by atoms with Crippen molar-refractivity contribution in [3.8, 4) is 11.5 Å². The van der Waals surface area contributed by atoms with Crippen LogP contribution in [0.25, 0.3) is 0 Å². The molecule has 1 aromatic carbocycles. The van der Waals surface area contributed by atoms with Crippen LogP contribution in [0.2, 0.25) is 0 Å². The van der Waals surface area contributed by atoms with Gasteiger partial charge in [-0.25, -0.2) is 9.59 Å². The van der Waals surface area contributed by atoms with E-state index in [0.29, 0.717) is 12.0 Å². The zero-order valence-electron chi connectivity index (χ0n) is 28.6. The van der Waals surface area contributed by atoms with Gasteiger partial charge in [0.15, 0.2) is 38.7 Å². The van der Waals surface area contributed by atoms with Crippen LogP contribution >= 0.6 is 8.60 Å². The number of methoxy groups -OCH3 is 2. The van der Waals surface area contributed by atoms with Crippen LogP contribution in [0, 0.1) is 5.92 Å². The average molecular weight is 678 g/mol. The Labute approximate surface area is 274 Å². The predicted octanol–water partition coefficient (Wildman–Crippen LogP) is 6.98. The van der Waals surface area contributed by atoms with Crippen LogP contribution in [0.1, 0.15) is 60.8 Å². The normalized spacial score (nSPS) is 17.1. The van der Waals surface area contributed by atoms with Crippen molar-refractivity contribution in [2.75, 3.05) is 55.0 Å². The third-order valence-electron chi connectivity index (χ3n) is 6.17. The van der Waals surface area contributed by atoms with Crippen molar-refractivity contribution >= 4 is 20.9 Å². The van der Waals surface area contributed by atoms with Crippen LogP contribution in [0.15, 0.2) is 36.1 Å². The van der Waals surface area contributed by atoms with Crippen LogP contribution in [0.3, 0.4) is 0 Å². The number of hydrogen-bond donors (Lipinski definition) is 0. The molecule has 15 heteroatoms. The lowest BCUT2D eigenvalue weighted by Gasteiger charge is -2.30. The van der Waals surface area contributed by atoms with Gasteiger partial charge in [0.2, 0.25) is 0 Å². The minimum atomic E-state index is -1.89. The molecule has 0 saturated carbocycles. The number of fused-ring (bicyclic) bond motifs is 1. The number of para-hydroxylation sites is 2. The van der Waals surface area contributed by atoms with Crippen molar-refractivity contribution in [1.29, 1.82) is 0 Å². The van der Waals surface area contributed by atoms with Crippen LogP contribution in [-0.2, 0) is 42.0 Å². The Morgan fingerprint density at radius 3 is 1.80 bits per heavy atom. The van der Waals surface area contributed by atoms with Gasteiger partial charge in [-0.2, -0.15) is 0 Å². The molecule has 0 bridgehead atoms. The zero-order chi connectivity index (χ0) is 34.3. The summed E-state index contributed by atoms with van der Waals surface area (Å²) < 4.78 is 56.5. The van der Waals surface area contributed by atoms with Crippen molar-refractivity contribution in [3.05, 3.63) is 36.1 Å². The second-order valence-corrected chi connectivity index (χ2v) is 11.3. The van der Waals surface area contributed by atoms with E-state index in [-0.39, 0.29) is 39.4 Å². The van der Waals surface area contributed by atoms with Gasteiger partial charge in [-0.05, 0) is 78.3 Å². The van der Waals surface area contributed by atoms with E-state index in [1.807, 2.05) is 38.1 Å². The van der Waals surface area contributed by atoms with E-state index in [0.717, 1.165) is 36.6 Å². The molecular weight excluding hydrogens is 625 g/mol. The fourth-order valence-corrected chi connectivity index (χ4v) is 5.01. The van der Waals surface area contributed by atoms with E-state index in [9.17, 15) is 9.59 Å². The summed E-state index contributed by atoms with van der Waals surface area (Å²) in [6.45, 7) is 10.7. The third kappa shape index (κ3) is 17.2. The van der Waals surface area contributed by atoms with Crippen LogP contribution in [0.4, 0.5) is 9.59 Å². The molecule has 1 aliphatic carbocycles. The largest absolute Gasteiger partial charge is 0.510 e. The highest BCUT2D eigenvalue weighted by Crippen LogP contribution is 2.45. The van der Waals surface area contributed by atoms with E-state index in [1.54, 1.807) is 41.9 Å². The SMILES string of the molecule is CC.CC(C)OC(=O)OCOCOP(OCOCOC(=O)OC(C)C)OC1=CCC2CCN(C)C2C1.COc1ccccc1OC. The highest BCUT2D eigenvalue weighted by Gasteiger charge is 2.35. The molecule has 0 N–H and O–H groups in total. The van der Waals surface area contributed by atoms with Gasteiger partial charge < -0.3 is 47.3 Å². The Morgan fingerprint density at radius 1 is 0.848 bits per heavy atom. The summed E-state index contributed by atoms with van der Waals surface area (Å²) in [7, 11) is 3.47. The second kappa shape index (κ2) is 24.3. The minimum Gasteiger partial charge on any atom is -0.493 e. The van der Waals surface area contributed by atoms with Gasteiger partial charge in [-0.15, -0.1) is 0 Å². The van der Waals surface area contributed by atoms with Crippen LogP contribution in [-0.4, -0.2) is 90.4 Å². The summed E-state index contributed by atoms with van der Waals surface area (Å²) in [4.78, 5) is 25.0. The maximum absolute atomic E-state index is 11.4. The minimum absolute atomic E-state index is 0.253. The quantitative estimate of drug-likeness (QED) is 0.0769. The summed E-state index contributed by atoms with van der Waals surface area (Å²) in [5.41, 5.74) is 0. The molecule has 0 radical (unpaired) electrons. The molecule has 0 spiro atoms. The number of carbonyl (C=O) groups excluding carboxylic acids is 2. The summed E-state index contributed by atoms with van der Waals surface area (Å²) in [5, 5.41) is 0. The number of ether oxygens (including phenoxy) is 8. The topological polar surface area (TPSA) is 139 Å². The van der Waals surface area contributed by atoms with E-state index in [4.69, 9.17) is 51.5 Å². The van der Waals surface area contributed by atoms with Gasteiger partial charge in [0.1, 0.15) is 5.76 Å². The van der Waals surface area contributed by atoms with Gasteiger partial charge in [-0.3, -0.25) is 9.05 Å². The molecule has 2 atom stereocenters. The van der Waals surface area contributed by atoms with Gasteiger partial charge >= 0.3 is 20.9 Å². The van der Waals surface area contributed by atoms with Crippen molar-refractivity contribution in [2.45, 2.75) is 79.1 Å². The Balaban J connectivity index is 0.000000740. The summed E-state index contributed by atoms with van der Waals surface area (Å²) in [6, 6.07) is 7.95. The molecule has 2 unspecified atom stereocenters. The lowest BCUT2D eigenvalue weighted by molar-refractivity contribution is -0.108. The van der Waals surface area contributed by atoms with Gasteiger partial charge in [0, 0.05) is 12.5 Å². The second-order valence-electron chi connectivity index (χ2n) is 10.1. The summed E-state index contributed by atoms with van der Waals surface area (Å²) in [5.74, 6) is 2.94. The maximum Gasteiger partial charge on any atom is 0.510 e. The maximum atomic E-state index is 11.4. The first kappa shape index (κ1) is 41.2. The number of carbonyl (C=O) groups is 2. The van der Waals surface area contributed by atoms with E-state index in [2.05, 4.69) is 18.0 Å². The standard InChI is InChI=1S/C21H36NO11P.C8H10O2.C2H6/c1-15(2)31-20(23)27-11-25-13-29-34(30-14-26-12-28-21(24)32-16(3)4)33-18-7-6-17-8-9-22(5)19(17)10-18;1-9-7-5-3-4-6-8(7)10-2;1-2/h7,15-17,19H,6,8-14H2,1-5H3;3-6H,1-2H3;1-2H3. The molecule has 1 aliphatic heterocycles. The first-order chi connectivity index (χ1) is 22.1. The Bertz CT molecular complexity index is 955. The summed E-state index contributed by atoms with van der Waals surface area (Å²) >= 11 is 0. The molecule has 3 rings (SSSR count). The number of hydrogen-bond acceptors (Lipinski definition) is 14. The molecule has 264 valence electrons. The monoisotopic (exact) mass is 677 g/mol. The van der Waals surface area contributed by atoms with Crippen molar-refractivity contribution < 1.29 is 61.1 Å². The van der Waals surface area contributed by atoms with E-state index >= 15 is 0 Å². The highest BCUT2D eigenvalue weighted by atomic mass is 31.2. The van der Waals surface area contributed by atoms with Gasteiger partial charge in [0.05, 0.1) is 26.4 Å². The summed E-state index contributed by atoms with van der Waals surface area (Å²) in [6.07, 6.45) is 2.65. The molecule has 46 heavy (non-hydrogen) atoms. The number of benzene rings is 1. The van der Waals surface area contributed by atoms with Crippen molar-refractivity contribution in [2.24, 2.45) is 5.92 Å². The number of rotatable bonds is 16. The van der Waals surface area contributed by atoms with Crippen LogP contribution < -0.4 is 9.47 Å². The van der Waals surface area contributed by atoms with Crippen molar-refractivity contribution in [3.63, 3.8) is 0 Å². The molecule has 1 fully saturated rings. The molecular formula is C31H52NO13P. The molecule has 0 amide bonds. The predicted molar refractivity (Wildman–Crippen MR) is 170 cm³/mol. The van der Waals surface area contributed by atoms with Gasteiger partial charge in [0.25, 0.3) is 0 Å². The molecule has 0 aromatic heterocycles. The fourth-order valence-electron chi connectivity index (χ4n) is 4.17. The molecule has 1 heterocycles. The molecule has 14 nitrogen and oxygen atoms in total. The third-order valence-corrected chi connectivity index (χ3v) is 7.19. The zero-order valence-corrected chi connectivity index (χ0v) is 29.4. The van der Waals surface area contributed by atoms with Crippen LogP contribution in [0.5, 0.6) is 11.5 Å². The average Bonchev–Trinajstić information content (AvgIpc) is 3.40. The first-order valence-electron chi connectivity index (χ1n) is 15.2.